The summed E-state index contributed by atoms with van der Waals surface area (Å²) in [6.07, 6.45) is 12.5. The van der Waals surface area contributed by atoms with Gasteiger partial charge in [-0.3, -0.25) is 0 Å². The van der Waals surface area contributed by atoms with Crippen molar-refractivity contribution in [1.82, 2.24) is 0 Å². The first-order chi connectivity index (χ1) is 12.5. The van der Waals surface area contributed by atoms with E-state index in [0.717, 1.165) is 34.7 Å². The third-order valence-electron chi connectivity index (χ3n) is 7.51. The van der Waals surface area contributed by atoms with Crippen LogP contribution >= 0.6 is 15.2 Å². The van der Waals surface area contributed by atoms with Crippen LogP contribution in [0.5, 0.6) is 0 Å². The quantitative estimate of drug-likeness (QED) is 0.276. The third-order valence-corrected chi connectivity index (χ3v) is 13.6. The van der Waals surface area contributed by atoms with E-state index in [-0.39, 0.29) is 7.92 Å². The molecular formula is C25H52P2. The standard InChI is InChI=1S/C25H52P2/c1-11-22(16-19(3)4)14-13-15-24-18-23(12-2)25(27(8,9)10)17-20(5)26(7)21(24)6/h15,19-23,25,27H,11-14,16-18H2,1-10H3/b24-15+. The molecule has 6 atom stereocenters. The average molecular weight is 415 g/mol. The molecule has 0 aromatic rings. The van der Waals surface area contributed by atoms with Crippen molar-refractivity contribution in [3.63, 3.8) is 0 Å². The van der Waals surface area contributed by atoms with Gasteiger partial charge < -0.3 is 0 Å². The number of allylic oxidation sites excluding steroid dienone is 2. The van der Waals surface area contributed by atoms with E-state index in [1.165, 1.54) is 44.9 Å². The van der Waals surface area contributed by atoms with E-state index >= 15 is 0 Å². The van der Waals surface area contributed by atoms with Gasteiger partial charge in [0.1, 0.15) is 0 Å². The van der Waals surface area contributed by atoms with Crippen molar-refractivity contribution in [3.8, 4) is 0 Å². The van der Waals surface area contributed by atoms with Crippen molar-refractivity contribution in [3.05, 3.63) is 11.6 Å². The van der Waals surface area contributed by atoms with E-state index in [9.17, 15) is 0 Å². The fourth-order valence-electron chi connectivity index (χ4n) is 5.39. The Morgan fingerprint density at radius 2 is 1.78 bits per heavy atom. The van der Waals surface area contributed by atoms with Gasteiger partial charge in [0.15, 0.2) is 0 Å². The molecule has 0 spiro atoms. The third kappa shape index (κ3) is 8.09. The summed E-state index contributed by atoms with van der Waals surface area (Å²) in [7, 11) is -0.999. The van der Waals surface area contributed by atoms with Crippen molar-refractivity contribution < 1.29 is 0 Å². The number of hydrogen-bond acceptors (Lipinski definition) is 0. The van der Waals surface area contributed by atoms with Gasteiger partial charge in [-0.05, 0) is 0 Å². The first-order valence-corrected chi connectivity index (χ1v) is 17.4. The van der Waals surface area contributed by atoms with Crippen LogP contribution in [0.2, 0.25) is 0 Å². The second kappa shape index (κ2) is 11.7. The molecule has 0 saturated carbocycles. The molecule has 27 heavy (non-hydrogen) atoms. The summed E-state index contributed by atoms with van der Waals surface area (Å²) in [5.41, 5.74) is 4.60. The summed E-state index contributed by atoms with van der Waals surface area (Å²) in [4.78, 5) is 0. The zero-order valence-electron chi connectivity index (χ0n) is 20.4. The van der Waals surface area contributed by atoms with Gasteiger partial charge in [-0.2, -0.15) is 0 Å². The second-order valence-electron chi connectivity index (χ2n) is 11.0. The summed E-state index contributed by atoms with van der Waals surface area (Å²) in [6.45, 7) is 25.2. The van der Waals surface area contributed by atoms with Crippen molar-refractivity contribution in [1.29, 1.82) is 0 Å². The summed E-state index contributed by atoms with van der Waals surface area (Å²) in [6, 6.07) is 0. The Bertz CT molecular complexity index is 446. The molecule has 1 heterocycles. The van der Waals surface area contributed by atoms with E-state index in [0.29, 0.717) is 0 Å². The summed E-state index contributed by atoms with van der Waals surface area (Å²) >= 11 is 0. The van der Waals surface area contributed by atoms with Crippen molar-refractivity contribution in [2.45, 2.75) is 103 Å². The Labute approximate surface area is 174 Å². The molecule has 0 radical (unpaired) electrons. The average Bonchev–Trinajstić information content (AvgIpc) is 2.58. The monoisotopic (exact) mass is 414 g/mol. The topological polar surface area (TPSA) is 0 Å². The molecule has 1 aliphatic heterocycles. The van der Waals surface area contributed by atoms with Crippen molar-refractivity contribution in [2.24, 2.45) is 17.8 Å². The van der Waals surface area contributed by atoms with Crippen LogP contribution in [0, 0.1) is 17.8 Å². The van der Waals surface area contributed by atoms with Crippen LogP contribution in [-0.2, 0) is 0 Å². The molecule has 1 saturated heterocycles. The molecule has 1 fully saturated rings. The molecule has 6 unspecified atom stereocenters. The van der Waals surface area contributed by atoms with E-state index in [1.54, 1.807) is 0 Å². The maximum atomic E-state index is 2.72. The fourth-order valence-corrected chi connectivity index (χ4v) is 10.5. The molecule has 0 aromatic heterocycles. The molecule has 2 heteroatoms. The Morgan fingerprint density at radius 1 is 1.15 bits per heavy atom. The normalized spacial score (nSPS) is 33.7. The maximum absolute atomic E-state index is 2.72. The molecule has 1 rings (SSSR count). The van der Waals surface area contributed by atoms with Crippen LogP contribution in [0.1, 0.15) is 86.5 Å². The molecule has 1 aliphatic rings. The van der Waals surface area contributed by atoms with Gasteiger partial charge in [-0.1, -0.05) is 0 Å². The van der Waals surface area contributed by atoms with Crippen LogP contribution in [0.3, 0.4) is 0 Å². The van der Waals surface area contributed by atoms with E-state index in [2.05, 4.69) is 74.3 Å². The van der Waals surface area contributed by atoms with Crippen LogP contribution < -0.4 is 0 Å². The molecule has 0 nitrogen and oxygen atoms in total. The molecule has 0 aliphatic carbocycles. The summed E-state index contributed by atoms with van der Waals surface area (Å²) in [5.74, 6) is 2.69. The van der Waals surface area contributed by atoms with E-state index in [1.807, 2.05) is 5.57 Å². The van der Waals surface area contributed by atoms with Crippen LogP contribution in [0.25, 0.3) is 0 Å². The fraction of sp³-hybridized carbons (Fsp3) is 0.920. The Morgan fingerprint density at radius 3 is 2.26 bits per heavy atom. The van der Waals surface area contributed by atoms with Crippen molar-refractivity contribution in [2.75, 3.05) is 26.7 Å². The second-order valence-corrected chi connectivity index (χ2v) is 19.5. The van der Waals surface area contributed by atoms with Gasteiger partial charge in [0.2, 0.25) is 0 Å². The predicted octanol–water partition coefficient (Wildman–Crippen LogP) is 8.48. The summed E-state index contributed by atoms with van der Waals surface area (Å²) < 4.78 is 0. The SMILES string of the molecule is CCC(CC/C=C1\CC(CC)C([PH](C)(C)C)CC(C)P(C)C1C)CC(C)C. The van der Waals surface area contributed by atoms with Gasteiger partial charge in [0, 0.05) is 0 Å². The minimum atomic E-state index is -1.11. The molecule has 0 amide bonds. The van der Waals surface area contributed by atoms with Gasteiger partial charge in [-0.15, -0.1) is 0 Å². The van der Waals surface area contributed by atoms with Crippen molar-refractivity contribution >= 4 is 15.2 Å². The molecule has 0 aromatic carbocycles. The van der Waals surface area contributed by atoms with Crippen LogP contribution in [0.15, 0.2) is 11.6 Å². The first kappa shape index (κ1) is 25.6. The molecular weight excluding hydrogens is 362 g/mol. The number of rotatable bonds is 8. The Kier molecular flexibility index (Phi) is 11.1. The molecule has 0 bridgehead atoms. The van der Waals surface area contributed by atoms with E-state index < -0.39 is 7.26 Å². The predicted molar refractivity (Wildman–Crippen MR) is 135 cm³/mol. The van der Waals surface area contributed by atoms with Gasteiger partial charge in [0.05, 0.1) is 0 Å². The Balaban J connectivity index is 2.97. The Hall–Kier alpha value is 0.600. The molecule has 162 valence electrons. The van der Waals surface area contributed by atoms with Gasteiger partial charge in [0.25, 0.3) is 0 Å². The molecule has 0 N–H and O–H groups in total. The number of hydrogen-bond donors (Lipinski definition) is 0. The zero-order chi connectivity index (χ0) is 20.8. The van der Waals surface area contributed by atoms with Gasteiger partial charge >= 0.3 is 175 Å². The minimum absolute atomic E-state index is 0.110. The van der Waals surface area contributed by atoms with Gasteiger partial charge in [-0.25, -0.2) is 0 Å². The zero-order valence-corrected chi connectivity index (χ0v) is 22.3. The summed E-state index contributed by atoms with van der Waals surface area (Å²) in [5, 5.41) is 0. The van der Waals surface area contributed by atoms with Crippen LogP contribution in [0.4, 0.5) is 0 Å². The van der Waals surface area contributed by atoms with E-state index in [4.69, 9.17) is 0 Å². The van der Waals surface area contributed by atoms with Crippen LogP contribution in [-0.4, -0.2) is 43.6 Å². The first-order valence-electron chi connectivity index (χ1n) is 11.9.